The zero-order valence-electron chi connectivity index (χ0n) is 16.0. The second-order valence-electron chi connectivity index (χ2n) is 7.77. The smallest absolute Gasteiger partial charge is 0.225 e. The van der Waals surface area contributed by atoms with E-state index in [1.165, 1.54) is 28.7 Å². The molecular formula is C24H20O2S2. The third kappa shape index (κ3) is 3.50. The first-order valence-electron chi connectivity index (χ1n) is 9.12. The summed E-state index contributed by atoms with van der Waals surface area (Å²) in [6.45, 7) is 6.51. The Labute approximate surface area is 172 Å². The van der Waals surface area contributed by atoms with Crippen molar-refractivity contribution in [2.24, 2.45) is 0 Å². The Balaban J connectivity index is 1.74. The minimum absolute atomic E-state index is 0.0152. The van der Waals surface area contributed by atoms with Crippen LogP contribution in [0.4, 0.5) is 0 Å². The molecule has 0 unspecified atom stereocenters. The molecule has 0 saturated heterocycles. The molecule has 0 amide bonds. The van der Waals surface area contributed by atoms with Gasteiger partial charge in [0.1, 0.15) is 0 Å². The summed E-state index contributed by atoms with van der Waals surface area (Å²) >= 11 is 2.71. The van der Waals surface area contributed by atoms with Gasteiger partial charge in [-0.25, -0.2) is 0 Å². The Hall–Kier alpha value is -2.43. The Kier molecular flexibility index (Phi) is 4.86. The number of hydrogen-bond acceptors (Lipinski definition) is 4. The van der Waals surface area contributed by atoms with E-state index in [4.69, 9.17) is 0 Å². The van der Waals surface area contributed by atoms with Crippen molar-refractivity contribution in [1.29, 1.82) is 0 Å². The molecule has 0 bridgehead atoms. The summed E-state index contributed by atoms with van der Waals surface area (Å²) in [6.07, 6.45) is 0. The van der Waals surface area contributed by atoms with E-state index in [0.29, 0.717) is 16.3 Å². The molecule has 0 saturated carbocycles. The van der Waals surface area contributed by atoms with E-state index in [9.17, 15) is 9.59 Å². The van der Waals surface area contributed by atoms with Crippen molar-refractivity contribution in [2.45, 2.75) is 31.1 Å². The van der Waals surface area contributed by atoms with E-state index < -0.39 is 0 Å². The number of fused-ring (bicyclic) bond motifs is 2. The highest BCUT2D eigenvalue weighted by Gasteiger charge is 2.17. The standard InChI is InChI=1S/C24H20O2S2/c1-24(2,3)15-11-13-16(14-12-15)27-23(26)19-9-6-8-18-21(25)17-7-4-5-10-20(17)28-22(18)19/h4-14H,1-3H3. The normalized spacial score (nSPS) is 11.8. The van der Waals surface area contributed by atoms with Crippen molar-refractivity contribution in [2.75, 3.05) is 0 Å². The Bertz CT molecular complexity index is 1250. The van der Waals surface area contributed by atoms with Crippen molar-refractivity contribution >= 4 is 48.4 Å². The minimum atomic E-state index is -0.0416. The summed E-state index contributed by atoms with van der Waals surface area (Å²) in [4.78, 5) is 26.8. The molecule has 0 atom stereocenters. The number of thioether (sulfide) groups is 1. The summed E-state index contributed by atoms with van der Waals surface area (Å²) in [6, 6.07) is 21.1. The molecule has 4 aromatic rings. The van der Waals surface area contributed by atoms with Crippen LogP contribution in [0.1, 0.15) is 36.7 Å². The van der Waals surface area contributed by atoms with E-state index in [-0.39, 0.29) is 16.0 Å². The Morgan fingerprint density at radius 3 is 2.25 bits per heavy atom. The maximum Gasteiger partial charge on any atom is 0.225 e. The molecule has 4 heteroatoms. The molecule has 0 spiro atoms. The van der Waals surface area contributed by atoms with E-state index >= 15 is 0 Å². The van der Waals surface area contributed by atoms with Gasteiger partial charge in [0.05, 0.1) is 4.70 Å². The lowest BCUT2D eigenvalue weighted by molar-refractivity contribution is 0.109. The quantitative estimate of drug-likeness (QED) is 0.277. The monoisotopic (exact) mass is 404 g/mol. The highest BCUT2D eigenvalue weighted by Crippen LogP contribution is 2.32. The molecule has 1 heterocycles. The fourth-order valence-electron chi connectivity index (χ4n) is 3.17. The van der Waals surface area contributed by atoms with Gasteiger partial charge < -0.3 is 0 Å². The lowest BCUT2D eigenvalue weighted by Gasteiger charge is -2.18. The van der Waals surface area contributed by atoms with Crippen LogP contribution in [0.15, 0.2) is 76.4 Å². The molecule has 1 aromatic heterocycles. The van der Waals surface area contributed by atoms with Gasteiger partial charge in [-0.1, -0.05) is 51.1 Å². The van der Waals surface area contributed by atoms with Crippen LogP contribution in [0.2, 0.25) is 0 Å². The van der Waals surface area contributed by atoms with Crippen LogP contribution >= 0.6 is 23.1 Å². The maximum absolute atomic E-state index is 13.0. The number of carbonyl (C=O) groups is 1. The first kappa shape index (κ1) is 18.9. The number of hydrogen-bond donors (Lipinski definition) is 0. The first-order valence-corrected chi connectivity index (χ1v) is 10.8. The van der Waals surface area contributed by atoms with Gasteiger partial charge in [-0.15, -0.1) is 11.3 Å². The number of carbonyl (C=O) groups excluding carboxylic acids is 1. The minimum Gasteiger partial charge on any atom is -0.289 e. The van der Waals surface area contributed by atoms with Gasteiger partial charge >= 0.3 is 0 Å². The topological polar surface area (TPSA) is 34.1 Å². The molecule has 4 rings (SSSR count). The molecule has 0 N–H and O–H groups in total. The first-order chi connectivity index (χ1) is 13.3. The predicted molar refractivity (Wildman–Crippen MR) is 121 cm³/mol. The van der Waals surface area contributed by atoms with Gasteiger partial charge in [-0.2, -0.15) is 0 Å². The average Bonchev–Trinajstić information content (AvgIpc) is 2.67. The summed E-state index contributed by atoms with van der Waals surface area (Å²) in [5.41, 5.74) is 1.89. The van der Waals surface area contributed by atoms with E-state index in [1.54, 1.807) is 12.1 Å². The SMILES string of the molecule is CC(C)(C)c1ccc(SC(=O)c2cccc3c(=O)c4ccccc4sc23)cc1. The molecule has 28 heavy (non-hydrogen) atoms. The molecule has 0 radical (unpaired) electrons. The third-order valence-corrected chi connectivity index (χ3v) is 6.89. The van der Waals surface area contributed by atoms with Crippen molar-refractivity contribution in [1.82, 2.24) is 0 Å². The van der Waals surface area contributed by atoms with E-state index in [0.717, 1.165) is 14.3 Å². The van der Waals surface area contributed by atoms with Gasteiger partial charge in [0.2, 0.25) is 5.12 Å². The van der Waals surface area contributed by atoms with Crippen molar-refractivity contribution in [3.8, 4) is 0 Å². The summed E-state index contributed by atoms with van der Waals surface area (Å²) in [5, 5.41) is 1.27. The van der Waals surface area contributed by atoms with Crippen LogP contribution in [0.3, 0.4) is 0 Å². The highest BCUT2D eigenvalue weighted by atomic mass is 32.2. The third-order valence-electron chi connectivity index (χ3n) is 4.75. The molecule has 2 nitrogen and oxygen atoms in total. The van der Waals surface area contributed by atoms with Crippen LogP contribution in [-0.2, 0) is 5.41 Å². The fraction of sp³-hybridized carbons (Fsp3) is 0.167. The molecule has 0 aliphatic rings. The Morgan fingerprint density at radius 2 is 1.54 bits per heavy atom. The van der Waals surface area contributed by atoms with Crippen molar-refractivity contribution < 1.29 is 4.79 Å². The van der Waals surface area contributed by atoms with Crippen LogP contribution in [-0.4, -0.2) is 5.12 Å². The van der Waals surface area contributed by atoms with E-state index in [2.05, 4.69) is 32.9 Å². The van der Waals surface area contributed by atoms with Crippen LogP contribution in [0.25, 0.3) is 20.2 Å². The molecular weight excluding hydrogens is 384 g/mol. The molecule has 140 valence electrons. The van der Waals surface area contributed by atoms with Crippen LogP contribution in [0.5, 0.6) is 0 Å². The fourth-order valence-corrected chi connectivity index (χ4v) is 5.18. The molecule has 0 aliphatic carbocycles. The van der Waals surface area contributed by atoms with E-state index in [1.807, 2.05) is 42.5 Å². The molecule has 0 fully saturated rings. The maximum atomic E-state index is 13.0. The summed E-state index contributed by atoms with van der Waals surface area (Å²) in [7, 11) is 0. The van der Waals surface area contributed by atoms with Gasteiger partial charge in [0.25, 0.3) is 0 Å². The second kappa shape index (κ2) is 7.19. The molecule has 0 aliphatic heterocycles. The van der Waals surface area contributed by atoms with Crippen molar-refractivity contribution in [3.63, 3.8) is 0 Å². The zero-order chi connectivity index (χ0) is 19.9. The van der Waals surface area contributed by atoms with Gasteiger partial charge in [0.15, 0.2) is 5.43 Å². The lowest BCUT2D eigenvalue weighted by atomic mass is 9.87. The second-order valence-corrected chi connectivity index (χ2v) is 9.87. The lowest BCUT2D eigenvalue weighted by Crippen LogP contribution is -2.10. The zero-order valence-corrected chi connectivity index (χ0v) is 17.6. The van der Waals surface area contributed by atoms with Crippen molar-refractivity contribution in [3.05, 3.63) is 88.1 Å². The highest BCUT2D eigenvalue weighted by molar-refractivity contribution is 8.14. The molecule has 3 aromatic carbocycles. The Morgan fingerprint density at radius 1 is 0.857 bits per heavy atom. The average molecular weight is 405 g/mol. The van der Waals surface area contributed by atoms with Crippen LogP contribution < -0.4 is 5.43 Å². The van der Waals surface area contributed by atoms with Crippen LogP contribution in [0, 0.1) is 0 Å². The van der Waals surface area contributed by atoms with Gasteiger partial charge in [0, 0.05) is 25.9 Å². The number of rotatable bonds is 2. The van der Waals surface area contributed by atoms with Gasteiger partial charge in [-0.05, 0) is 59.1 Å². The van der Waals surface area contributed by atoms with Gasteiger partial charge in [-0.3, -0.25) is 9.59 Å². The summed E-state index contributed by atoms with van der Waals surface area (Å²) < 4.78 is 1.66. The largest absolute Gasteiger partial charge is 0.289 e. The number of benzene rings is 3. The summed E-state index contributed by atoms with van der Waals surface area (Å²) in [5.74, 6) is 0. The predicted octanol–water partition coefficient (Wildman–Crippen LogP) is 6.64.